The summed E-state index contributed by atoms with van der Waals surface area (Å²) in [4.78, 5) is 4.26. The summed E-state index contributed by atoms with van der Waals surface area (Å²) >= 11 is 0. The van der Waals surface area contributed by atoms with Crippen molar-refractivity contribution in [1.29, 1.82) is 0 Å². The summed E-state index contributed by atoms with van der Waals surface area (Å²) in [5.41, 5.74) is 7.46. The lowest BCUT2D eigenvalue weighted by Gasteiger charge is -2.06. The lowest BCUT2D eigenvalue weighted by molar-refractivity contribution is 0.566. The fourth-order valence-corrected chi connectivity index (χ4v) is 2.40. The predicted molar refractivity (Wildman–Crippen MR) is 77.5 cm³/mol. The van der Waals surface area contributed by atoms with Crippen molar-refractivity contribution in [3.05, 3.63) is 24.0 Å². The third-order valence-corrected chi connectivity index (χ3v) is 3.48. The number of unbranched alkanes of at least 4 members (excludes halogenated alkanes) is 5. The fourth-order valence-electron chi connectivity index (χ4n) is 2.40. The van der Waals surface area contributed by atoms with E-state index in [1.54, 1.807) is 6.07 Å². The number of nitrogens with two attached hydrogens (primary N) is 1. The molecule has 1 heterocycles. The Hall–Kier alpha value is -1.58. The minimum Gasteiger partial charge on any atom is -0.369 e. The second-order valence-corrected chi connectivity index (χ2v) is 5.02. The van der Waals surface area contributed by atoms with E-state index in [2.05, 4.69) is 11.9 Å². The molecular formula is C15H22FN3. The lowest BCUT2D eigenvalue weighted by Crippen LogP contribution is -2.03. The van der Waals surface area contributed by atoms with E-state index in [1.807, 2.05) is 4.57 Å². The summed E-state index contributed by atoms with van der Waals surface area (Å²) in [6, 6.07) is 4.61. The third kappa shape index (κ3) is 3.46. The highest BCUT2D eigenvalue weighted by atomic mass is 19.1. The highest BCUT2D eigenvalue weighted by Crippen LogP contribution is 2.20. The van der Waals surface area contributed by atoms with Crippen molar-refractivity contribution in [3.63, 3.8) is 0 Å². The number of hydrogen-bond acceptors (Lipinski definition) is 2. The topological polar surface area (TPSA) is 43.8 Å². The van der Waals surface area contributed by atoms with Gasteiger partial charge in [0.25, 0.3) is 0 Å². The molecule has 0 aliphatic rings. The summed E-state index contributed by atoms with van der Waals surface area (Å²) in [6.07, 6.45) is 7.38. The Kier molecular flexibility index (Phi) is 4.77. The lowest BCUT2D eigenvalue weighted by atomic mass is 10.1. The van der Waals surface area contributed by atoms with Crippen molar-refractivity contribution < 1.29 is 4.39 Å². The molecule has 0 unspecified atom stereocenters. The van der Waals surface area contributed by atoms with E-state index in [0.29, 0.717) is 5.95 Å². The normalized spacial score (nSPS) is 11.3. The van der Waals surface area contributed by atoms with Gasteiger partial charge in [0.15, 0.2) is 0 Å². The van der Waals surface area contributed by atoms with Crippen molar-refractivity contribution in [2.24, 2.45) is 0 Å². The van der Waals surface area contributed by atoms with E-state index in [0.717, 1.165) is 24.0 Å². The van der Waals surface area contributed by atoms with Crippen LogP contribution in [0.5, 0.6) is 0 Å². The van der Waals surface area contributed by atoms with Crippen LogP contribution in [0, 0.1) is 5.82 Å². The standard InChI is InChI=1S/C15H22FN3/c1-2-3-4-5-6-7-10-19-14-11-12(16)8-9-13(14)18-15(19)17/h8-9,11H,2-7,10H2,1H3,(H2,17,18). The first-order valence-corrected chi connectivity index (χ1v) is 7.13. The monoisotopic (exact) mass is 263 g/mol. The van der Waals surface area contributed by atoms with Crippen molar-refractivity contribution in [2.75, 3.05) is 5.73 Å². The molecule has 0 amide bonds. The summed E-state index contributed by atoms with van der Waals surface area (Å²) in [5, 5.41) is 0. The molecule has 0 radical (unpaired) electrons. The van der Waals surface area contributed by atoms with Crippen molar-refractivity contribution in [1.82, 2.24) is 9.55 Å². The van der Waals surface area contributed by atoms with Gasteiger partial charge in [0, 0.05) is 6.54 Å². The van der Waals surface area contributed by atoms with Crippen LogP contribution in [0.1, 0.15) is 45.4 Å². The van der Waals surface area contributed by atoms with Gasteiger partial charge in [-0.3, -0.25) is 0 Å². The molecule has 2 N–H and O–H groups in total. The zero-order valence-corrected chi connectivity index (χ0v) is 11.5. The zero-order valence-electron chi connectivity index (χ0n) is 11.5. The molecule has 19 heavy (non-hydrogen) atoms. The number of nitrogen functional groups attached to an aromatic ring is 1. The average molecular weight is 263 g/mol. The van der Waals surface area contributed by atoms with E-state index in [9.17, 15) is 4.39 Å². The number of benzene rings is 1. The average Bonchev–Trinajstić information content (AvgIpc) is 2.69. The number of anilines is 1. The highest BCUT2D eigenvalue weighted by molar-refractivity contribution is 5.78. The molecular weight excluding hydrogens is 241 g/mol. The van der Waals surface area contributed by atoms with Crippen LogP contribution in [-0.4, -0.2) is 9.55 Å². The van der Waals surface area contributed by atoms with Crippen LogP contribution in [0.3, 0.4) is 0 Å². The molecule has 4 heteroatoms. The maximum absolute atomic E-state index is 13.3. The van der Waals surface area contributed by atoms with E-state index in [-0.39, 0.29) is 5.82 Å². The highest BCUT2D eigenvalue weighted by Gasteiger charge is 2.08. The van der Waals surface area contributed by atoms with Crippen molar-refractivity contribution in [2.45, 2.75) is 52.0 Å². The summed E-state index contributed by atoms with van der Waals surface area (Å²) in [6.45, 7) is 3.03. The van der Waals surface area contributed by atoms with Crippen LogP contribution >= 0.6 is 0 Å². The number of nitrogens with zero attached hydrogens (tertiary/aromatic N) is 2. The zero-order chi connectivity index (χ0) is 13.7. The molecule has 0 saturated heterocycles. The molecule has 2 rings (SSSR count). The van der Waals surface area contributed by atoms with Crippen LogP contribution in [0.25, 0.3) is 11.0 Å². The molecule has 0 atom stereocenters. The largest absolute Gasteiger partial charge is 0.369 e. The number of hydrogen-bond donors (Lipinski definition) is 1. The number of imidazole rings is 1. The smallest absolute Gasteiger partial charge is 0.201 e. The number of fused-ring (bicyclic) bond motifs is 1. The maximum atomic E-state index is 13.3. The van der Waals surface area contributed by atoms with Crippen LogP contribution in [-0.2, 0) is 6.54 Å². The minimum atomic E-state index is -0.239. The van der Waals surface area contributed by atoms with Crippen molar-refractivity contribution in [3.8, 4) is 0 Å². The number of rotatable bonds is 7. The van der Waals surface area contributed by atoms with E-state index < -0.39 is 0 Å². The molecule has 0 fully saturated rings. The van der Waals surface area contributed by atoms with Crippen LogP contribution in [0.15, 0.2) is 18.2 Å². The fraction of sp³-hybridized carbons (Fsp3) is 0.533. The Morgan fingerprint density at radius 3 is 2.68 bits per heavy atom. The quantitative estimate of drug-likeness (QED) is 0.764. The molecule has 104 valence electrons. The Bertz CT molecular complexity index is 533. The van der Waals surface area contributed by atoms with Gasteiger partial charge in [-0.1, -0.05) is 39.0 Å². The van der Waals surface area contributed by atoms with Gasteiger partial charge in [-0.15, -0.1) is 0 Å². The predicted octanol–water partition coefficient (Wildman–Crippen LogP) is 4.12. The molecule has 0 spiro atoms. The van der Waals surface area contributed by atoms with Crippen LogP contribution in [0.4, 0.5) is 10.3 Å². The first-order chi connectivity index (χ1) is 9.22. The van der Waals surface area contributed by atoms with Gasteiger partial charge in [0.1, 0.15) is 5.82 Å². The molecule has 0 saturated carbocycles. The maximum Gasteiger partial charge on any atom is 0.201 e. The molecule has 0 aliphatic heterocycles. The summed E-state index contributed by atoms with van der Waals surface area (Å²) < 4.78 is 15.2. The Labute approximate surface area is 113 Å². The Balaban J connectivity index is 1.96. The molecule has 1 aromatic heterocycles. The van der Waals surface area contributed by atoms with E-state index >= 15 is 0 Å². The van der Waals surface area contributed by atoms with Crippen LogP contribution < -0.4 is 5.73 Å². The number of halogens is 1. The molecule has 0 aliphatic carbocycles. The van der Waals surface area contributed by atoms with Gasteiger partial charge in [-0.2, -0.15) is 0 Å². The van der Waals surface area contributed by atoms with Gasteiger partial charge in [0.05, 0.1) is 11.0 Å². The van der Waals surface area contributed by atoms with Gasteiger partial charge in [-0.05, 0) is 24.6 Å². The van der Waals surface area contributed by atoms with Crippen molar-refractivity contribution >= 4 is 17.0 Å². The first kappa shape index (κ1) is 13.8. The third-order valence-electron chi connectivity index (χ3n) is 3.48. The Morgan fingerprint density at radius 2 is 1.89 bits per heavy atom. The summed E-state index contributed by atoms with van der Waals surface area (Å²) in [7, 11) is 0. The molecule has 0 bridgehead atoms. The first-order valence-electron chi connectivity index (χ1n) is 7.13. The van der Waals surface area contributed by atoms with E-state index in [1.165, 1.54) is 44.2 Å². The molecule has 1 aromatic carbocycles. The minimum absolute atomic E-state index is 0.239. The molecule has 2 aromatic rings. The second kappa shape index (κ2) is 6.55. The van der Waals surface area contributed by atoms with Gasteiger partial charge < -0.3 is 10.3 Å². The van der Waals surface area contributed by atoms with Gasteiger partial charge in [0.2, 0.25) is 5.95 Å². The van der Waals surface area contributed by atoms with Gasteiger partial charge in [-0.25, -0.2) is 9.37 Å². The second-order valence-electron chi connectivity index (χ2n) is 5.02. The Morgan fingerprint density at radius 1 is 1.16 bits per heavy atom. The SMILES string of the molecule is CCCCCCCCn1c(N)nc2ccc(F)cc21. The number of aromatic nitrogens is 2. The molecule has 3 nitrogen and oxygen atoms in total. The van der Waals surface area contributed by atoms with Gasteiger partial charge >= 0.3 is 0 Å². The number of aryl methyl sites for hydroxylation is 1. The van der Waals surface area contributed by atoms with E-state index in [4.69, 9.17) is 5.73 Å². The summed E-state index contributed by atoms with van der Waals surface area (Å²) in [5.74, 6) is 0.241. The van der Waals surface area contributed by atoms with Crippen LogP contribution in [0.2, 0.25) is 0 Å².